The lowest BCUT2D eigenvalue weighted by molar-refractivity contribution is -0.204. The molecule has 2 rings (SSSR count). The second-order valence-electron chi connectivity index (χ2n) is 6.60. The first kappa shape index (κ1) is 25.2. The van der Waals surface area contributed by atoms with Crippen LogP contribution in [0.15, 0.2) is 30.3 Å². The van der Waals surface area contributed by atoms with Crippen molar-refractivity contribution in [2.24, 2.45) is 0 Å². The number of carbonyl (C=O) groups excluding carboxylic acids is 3. The molecular formula is C21H23F3N2O5S. The van der Waals surface area contributed by atoms with E-state index in [0.29, 0.717) is 16.9 Å². The summed E-state index contributed by atoms with van der Waals surface area (Å²) in [6.45, 7) is 4.32. The standard InChI is InChI=1S/C21H23F3N2O5S/c1-5-14-12(3)32-17(15(14)18(28)30-4)26-20(21(22,23)24,19(29)31-6-2)25-16(27)13-10-8-7-9-11-13/h7-11,26H,5-6H2,1-4H3,(H,25,27)/t20-/m1/s1. The number of benzene rings is 1. The Hall–Kier alpha value is -3.08. The van der Waals surface area contributed by atoms with Gasteiger partial charge in [0.1, 0.15) is 5.00 Å². The molecule has 1 atom stereocenters. The van der Waals surface area contributed by atoms with Crippen molar-refractivity contribution in [2.45, 2.75) is 39.0 Å². The molecule has 0 aliphatic heterocycles. The zero-order chi connectivity index (χ0) is 24.1. The van der Waals surface area contributed by atoms with Gasteiger partial charge in [0.25, 0.3) is 5.91 Å². The summed E-state index contributed by atoms with van der Waals surface area (Å²) in [6, 6.07) is 7.11. The Labute approximate surface area is 186 Å². The predicted octanol–water partition coefficient (Wildman–Crippen LogP) is 4.07. The SMILES string of the molecule is CCOC(=O)[C@@](NC(=O)c1ccccc1)(Nc1sc(C)c(CC)c1C(=O)OC)C(F)(F)F. The van der Waals surface area contributed by atoms with Crippen LogP contribution in [0.2, 0.25) is 0 Å². The van der Waals surface area contributed by atoms with Gasteiger partial charge in [-0.15, -0.1) is 11.3 Å². The molecule has 1 aromatic heterocycles. The van der Waals surface area contributed by atoms with Gasteiger partial charge in [0.2, 0.25) is 0 Å². The maximum Gasteiger partial charge on any atom is 0.441 e. The monoisotopic (exact) mass is 472 g/mol. The Bertz CT molecular complexity index is 991. The van der Waals surface area contributed by atoms with E-state index in [4.69, 9.17) is 4.74 Å². The fourth-order valence-electron chi connectivity index (χ4n) is 3.04. The van der Waals surface area contributed by atoms with E-state index in [1.54, 1.807) is 25.2 Å². The number of halogens is 3. The maximum atomic E-state index is 14.4. The molecule has 0 radical (unpaired) electrons. The summed E-state index contributed by atoms with van der Waals surface area (Å²) in [6.07, 6.45) is -5.00. The second-order valence-corrected chi connectivity index (χ2v) is 7.82. The van der Waals surface area contributed by atoms with Crippen LogP contribution in [-0.4, -0.2) is 43.4 Å². The van der Waals surface area contributed by atoms with Crippen molar-refractivity contribution >= 4 is 34.2 Å². The molecule has 1 amide bonds. The average Bonchev–Trinajstić information content (AvgIpc) is 3.07. The van der Waals surface area contributed by atoms with Crippen molar-refractivity contribution in [3.8, 4) is 0 Å². The van der Waals surface area contributed by atoms with Crippen molar-refractivity contribution in [3.05, 3.63) is 51.9 Å². The largest absolute Gasteiger partial charge is 0.465 e. The number of esters is 2. The Balaban J connectivity index is 2.68. The van der Waals surface area contributed by atoms with Crippen LogP contribution in [0.4, 0.5) is 18.2 Å². The summed E-state index contributed by atoms with van der Waals surface area (Å²) in [7, 11) is 1.10. The van der Waals surface area contributed by atoms with Crippen molar-refractivity contribution in [1.82, 2.24) is 5.32 Å². The van der Waals surface area contributed by atoms with Gasteiger partial charge in [-0.25, -0.2) is 9.59 Å². The van der Waals surface area contributed by atoms with Crippen LogP contribution in [0, 0.1) is 6.92 Å². The van der Waals surface area contributed by atoms with Crippen LogP contribution in [0.5, 0.6) is 0 Å². The second kappa shape index (κ2) is 10.0. The van der Waals surface area contributed by atoms with E-state index < -0.39 is 29.7 Å². The number of rotatable bonds is 8. The normalized spacial score (nSPS) is 13.1. The lowest BCUT2D eigenvalue weighted by atomic mass is 10.1. The van der Waals surface area contributed by atoms with Crippen molar-refractivity contribution < 1.29 is 37.0 Å². The van der Waals surface area contributed by atoms with Crippen LogP contribution in [0.3, 0.4) is 0 Å². The molecule has 32 heavy (non-hydrogen) atoms. The molecule has 2 aromatic rings. The van der Waals surface area contributed by atoms with Gasteiger partial charge in [0, 0.05) is 10.4 Å². The number of anilines is 1. The highest BCUT2D eigenvalue weighted by atomic mass is 32.1. The quantitative estimate of drug-likeness (QED) is 0.445. The number of nitrogens with one attached hydrogen (secondary N) is 2. The van der Waals surface area contributed by atoms with E-state index in [1.807, 2.05) is 0 Å². The molecule has 0 unspecified atom stereocenters. The molecular weight excluding hydrogens is 449 g/mol. The minimum absolute atomic E-state index is 0.1000. The first-order chi connectivity index (χ1) is 15.0. The molecule has 0 bridgehead atoms. The summed E-state index contributed by atoms with van der Waals surface area (Å²) in [5, 5.41) is 3.57. The Morgan fingerprint density at radius 2 is 1.72 bits per heavy atom. The first-order valence-corrected chi connectivity index (χ1v) is 10.4. The van der Waals surface area contributed by atoms with Crippen LogP contribution in [0.25, 0.3) is 0 Å². The van der Waals surface area contributed by atoms with Gasteiger partial charge in [-0.2, -0.15) is 13.2 Å². The van der Waals surface area contributed by atoms with Gasteiger partial charge in [0.15, 0.2) is 0 Å². The van der Waals surface area contributed by atoms with Crippen LogP contribution < -0.4 is 10.6 Å². The highest BCUT2D eigenvalue weighted by Gasteiger charge is 2.64. The zero-order valence-electron chi connectivity index (χ0n) is 17.9. The van der Waals surface area contributed by atoms with Gasteiger partial charge in [-0.1, -0.05) is 25.1 Å². The van der Waals surface area contributed by atoms with Crippen LogP contribution in [0.1, 0.15) is 45.0 Å². The molecule has 2 N–H and O–H groups in total. The summed E-state index contributed by atoms with van der Waals surface area (Å²) in [5.74, 6) is -3.80. The van der Waals surface area contributed by atoms with Gasteiger partial charge in [-0.05, 0) is 38.0 Å². The maximum absolute atomic E-state index is 14.4. The van der Waals surface area contributed by atoms with E-state index in [-0.39, 0.29) is 22.7 Å². The van der Waals surface area contributed by atoms with Crippen molar-refractivity contribution in [1.29, 1.82) is 0 Å². The minimum atomic E-state index is -5.33. The van der Waals surface area contributed by atoms with Crippen LogP contribution >= 0.6 is 11.3 Å². The topological polar surface area (TPSA) is 93.7 Å². The highest BCUT2D eigenvalue weighted by molar-refractivity contribution is 7.16. The molecule has 0 fully saturated rings. The number of alkyl halides is 3. The molecule has 1 aromatic carbocycles. The van der Waals surface area contributed by atoms with E-state index in [0.717, 1.165) is 18.4 Å². The van der Waals surface area contributed by atoms with Gasteiger partial charge >= 0.3 is 23.8 Å². The van der Waals surface area contributed by atoms with Crippen LogP contribution in [-0.2, 0) is 20.7 Å². The summed E-state index contributed by atoms with van der Waals surface area (Å²) < 4.78 is 52.7. The van der Waals surface area contributed by atoms with E-state index in [1.165, 1.54) is 31.2 Å². The molecule has 0 aliphatic rings. The number of ether oxygens (including phenoxy) is 2. The molecule has 0 spiro atoms. The average molecular weight is 472 g/mol. The van der Waals surface area contributed by atoms with Crippen molar-refractivity contribution in [2.75, 3.05) is 19.0 Å². The number of thiophene rings is 1. The number of hydrogen-bond acceptors (Lipinski definition) is 7. The molecule has 7 nitrogen and oxygen atoms in total. The van der Waals surface area contributed by atoms with E-state index in [9.17, 15) is 27.6 Å². The molecule has 0 aliphatic carbocycles. The predicted molar refractivity (Wildman–Crippen MR) is 113 cm³/mol. The fourth-order valence-corrected chi connectivity index (χ4v) is 4.23. The number of amides is 1. The zero-order valence-corrected chi connectivity index (χ0v) is 18.7. The van der Waals surface area contributed by atoms with Gasteiger partial charge < -0.3 is 20.1 Å². The third-order valence-corrected chi connectivity index (χ3v) is 5.66. The van der Waals surface area contributed by atoms with Gasteiger partial charge in [-0.3, -0.25) is 4.79 Å². The van der Waals surface area contributed by atoms with E-state index in [2.05, 4.69) is 10.1 Å². The fraction of sp³-hybridized carbons (Fsp3) is 0.381. The summed E-state index contributed by atoms with van der Waals surface area (Å²) in [5.41, 5.74) is -3.42. The third kappa shape index (κ3) is 4.87. The number of methoxy groups -OCH3 is 1. The number of carbonyl (C=O) groups is 3. The molecule has 0 saturated heterocycles. The summed E-state index contributed by atoms with van der Waals surface area (Å²) >= 11 is 0.840. The number of aryl methyl sites for hydroxylation is 1. The summed E-state index contributed by atoms with van der Waals surface area (Å²) in [4.78, 5) is 38.2. The lowest BCUT2D eigenvalue weighted by Gasteiger charge is -2.35. The van der Waals surface area contributed by atoms with Gasteiger partial charge in [0.05, 0.1) is 19.3 Å². The first-order valence-electron chi connectivity index (χ1n) is 9.62. The number of hydrogen-bond donors (Lipinski definition) is 2. The molecule has 0 saturated carbocycles. The lowest BCUT2D eigenvalue weighted by Crippen LogP contribution is -2.69. The van der Waals surface area contributed by atoms with E-state index >= 15 is 0 Å². The third-order valence-electron chi connectivity index (χ3n) is 4.60. The minimum Gasteiger partial charge on any atom is -0.465 e. The molecule has 11 heteroatoms. The van der Waals surface area contributed by atoms with Crippen molar-refractivity contribution in [3.63, 3.8) is 0 Å². The Kier molecular flexibility index (Phi) is 7.89. The molecule has 174 valence electrons. The Morgan fingerprint density at radius 3 is 2.22 bits per heavy atom. The highest BCUT2D eigenvalue weighted by Crippen LogP contribution is 2.40. The Morgan fingerprint density at radius 1 is 1.09 bits per heavy atom. The smallest absolute Gasteiger partial charge is 0.441 e. The molecule has 1 heterocycles.